The highest BCUT2D eigenvalue weighted by Crippen LogP contribution is 2.29. The number of urea groups is 1. The number of unbranched alkanes of at least 4 members (excludes halogenated alkanes) is 3. The van der Waals surface area contributed by atoms with E-state index in [2.05, 4.69) is 44.8 Å². The molecule has 3 amide bonds. The molecule has 0 aliphatic carbocycles. The van der Waals surface area contributed by atoms with Crippen LogP contribution in [0.1, 0.15) is 60.5 Å². The molecule has 284 valence electrons. The summed E-state index contributed by atoms with van der Waals surface area (Å²) in [5.41, 5.74) is 5.68. The van der Waals surface area contributed by atoms with Crippen molar-refractivity contribution in [1.82, 2.24) is 4.90 Å². The Morgan fingerprint density at radius 1 is 0.745 bits per heavy atom. The van der Waals surface area contributed by atoms with Crippen LogP contribution in [-0.2, 0) is 22.7 Å². The van der Waals surface area contributed by atoms with Crippen molar-refractivity contribution in [3.8, 4) is 17.6 Å². The summed E-state index contributed by atoms with van der Waals surface area (Å²) in [6.45, 7) is 3.65. The van der Waals surface area contributed by atoms with Crippen LogP contribution in [0, 0.1) is 11.8 Å². The monoisotopic (exact) mass is 738 g/mol. The minimum Gasteiger partial charge on any atom is -0.487 e. The molecule has 0 fully saturated rings. The Kier molecular flexibility index (Phi) is 16.8. The number of ether oxygens (including phenoxy) is 2. The number of aliphatic hydroxyl groups excluding tert-OH is 1. The Morgan fingerprint density at radius 2 is 1.44 bits per heavy atom. The number of carbonyl (C=O) groups is 2. The lowest BCUT2D eigenvalue weighted by atomic mass is 10.1. The molecule has 55 heavy (non-hydrogen) atoms. The Balaban J connectivity index is 1.01. The van der Waals surface area contributed by atoms with Crippen molar-refractivity contribution in [2.45, 2.75) is 51.4 Å². The lowest BCUT2D eigenvalue weighted by molar-refractivity contribution is -0.105. The molecular formula is C46H50N4O5. The first-order valence-corrected chi connectivity index (χ1v) is 18.8. The van der Waals surface area contributed by atoms with Crippen LogP contribution < -0.4 is 20.7 Å². The van der Waals surface area contributed by atoms with E-state index in [0.29, 0.717) is 61.9 Å². The van der Waals surface area contributed by atoms with Gasteiger partial charge in [0.25, 0.3) is 0 Å². The third kappa shape index (κ3) is 14.8. The molecule has 0 unspecified atom stereocenters. The van der Waals surface area contributed by atoms with Crippen LogP contribution >= 0.6 is 0 Å². The van der Waals surface area contributed by atoms with Gasteiger partial charge in [0.15, 0.2) is 0 Å². The highest BCUT2D eigenvalue weighted by Gasteiger charge is 2.17. The minimum atomic E-state index is -0.748. The van der Waals surface area contributed by atoms with E-state index in [1.54, 1.807) is 12.1 Å². The summed E-state index contributed by atoms with van der Waals surface area (Å²) < 4.78 is 11.8. The molecule has 0 bridgehead atoms. The first-order valence-electron chi connectivity index (χ1n) is 18.8. The van der Waals surface area contributed by atoms with Crippen molar-refractivity contribution in [2.24, 2.45) is 0 Å². The SMILES string of the molecule is O=CNc1cc([C@@H](O)CN(CCCCCCOCCC#Cc2cccc(NC(=O)Nc3ccccc3)c2)Cc2ccccc2)ccc1OCc1ccccc1. The normalized spacial score (nSPS) is 11.2. The molecule has 1 atom stereocenters. The first-order chi connectivity index (χ1) is 27.1. The molecule has 0 saturated heterocycles. The lowest BCUT2D eigenvalue weighted by Gasteiger charge is -2.26. The van der Waals surface area contributed by atoms with Crippen LogP contribution in [0.5, 0.6) is 5.75 Å². The van der Waals surface area contributed by atoms with Gasteiger partial charge < -0.3 is 30.5 Å². The zero-order valence-electron chi connectivity index (χ0n) is 31.2. The molecule has 9 heteroatoms. The number of benzene rings is 5. The zero-order valence-corrected chi connectivity index (χ0v) is 31.2. The van der Waals surface area contributed by atoms with Crippen molar-refractivity contribution in [3.05, 3.63) is 156 Å². The zero-order chi connectivity index (χ0) is 38.3. The maximum absolute atomic E-state index is 12.3. The van der Waals surface area contributed by atoms with Gasteiger partial charge in [0, 0.05) is 43.1 Å². The van der Waals surface area contributed by atoms with E-state index in [4.69, 9.17) is 9.47 Å². The fraction of sp³-hybridized carbons (Fsp3) is 0.261. The first kappa shape index (κ1) is 40.3. The molecular weight excluding hydrogens is 689 g/mol. The van der Waals surface area contributed by atoms with Gasteiger partial charge in [0.1, 0.15) is 12.4 Å². The number of carbonyl (C=O) groups excluding carboxylic acids is 2. The van der Waals surface area contributed by atoms with E-state index in [1.807, 2.05) is 109 Å². The molecule has 5 rings (SSSR count). The summed E-state index contributed by atoms with van der Waals surface area (Å²) in [5.74, 6) is 6.86. The summed E-state index contributed by atoms with van der Waals surface area (Å²) in [6.07, 6.45) is 4.58. The van der Waals surface area contributed by atoms with Gasteiger partial charge in [-0.05, 0) is 78.5 Å². The number of anilines is 3. The maximum Gasteiger partial charge on any atom is 0.323 e. The number of nitrogens with zero attached hydrogens (tertiary/aromatic N) is 1. The van der Waals surface area contributed by atoms with E-state index in [9.17, 15) is 14.7 Å². The van der Waals surface area contributed by atoms with Crippen LogP contribution in [0.2, 0.25) is 0 Å². The lowest BCUT2D eigenvalue weighted by Crippen LogP contribution is -2.29. The Labute approximate surface area is 324 Å². The predicted octanol–water partition coefficient (Wildman–Crippen LogP) is 9.03. The highest BCUT2D eigenvalue weighted by atomic mass is 16.5. The van der Waals surface area contributed by atoms with Crippen molar-refractivity contribution >= 4 is 29.5 Å². The third-order valence-corrected chi connectivity index (χ3v) is 8.79. The summed E-state index contributed by atoms with van der Waals surface area (Å²) >= 11 is 0. The number of hydrogen-bond donors (Lipinski definition) is 4. The number of amides is 3. The third-order valence-electron chi connectivity index (χ3n) is 8.79. The van der Waals surface area contributed by atoms with Crippen LogP contribution in [0.3, 0.4) is 0 Å². The Bertz CT molecular complexity index is 1950. The molecule has 0 aliphatic heterocycles. The largest absolute Gasteiger partial charge is 0.487 e. The van der Waals surface area contributed by atoms with Gasteiger partial charge in [0.05, 0.1) is 18.4 Å². The van der Waals surface area contributed by atoms with Crippen molar-refractivity contribution < 1.29 is 24.2 Å². The van der Waals surface area contributed by atoms with Gasteiger partial charge in [-0.15, -0.1) is 0 Å². The van der Waals surface area contributed by atoms with Gasteiger partial charge in [0.2, 0.25) is 6.41 Å². The standard InChI is InChI=1S/C46H50N4O5/c51-36-47-43-32-40(26-27-45(43)55-35-39-20-8-4-9-21-39)44(52)34-50(33-38-18-6-3-7-19-38)28-13-1-2-14-29-54-30-15-12-17-37-22-16-25-42(31-37)49-46(53)48-41-23-10-5-11-24-41/h3-11,16,18-27,31-32,36,44,52H,1-2,13-15,28-30,33-35H2,(H,47,51)(H2,48,49,53)/t44-/m0/s1. The average molecular weight is 739 g/mol. The maximum atomic E-state index is 12.3. The van der Waals surface area contributed by atoms with Crippen molar-refractivity contribution in [2.75, 3.05) is 42.3 Å². The van der Waals surface area contributed by atoms with Crippen LogP contribution in [0.25, 0.3) is 0 Å². The fourth-order valence-corrected chi connectivity index (χ4v) is 5.99. The van der Waals surface area contributed by atoms with Gasteiger partial charge in [-0.3, -0.25) is 9.69 Å². The number of rotatable bonds is 21. The molecule has 9 nitrogen and oxygen atoms in total. The fourth-order valence-electron chi connectivity index (χ4n) is 5.99. The topological polar surface area (TPSA) is 112 Å². The van der Waals surface area contributed by atoms with Gasteiger partial charge in [-0.2, -0.15) is 0 Å². The average Bonchev–Trinajstić information content (AvgIpc) is 3.20. The van der Waals surface area contributed by atoms with Gasteiger partial charge in [-0.25, -0.2) is 4.79 Å². The highest BCUT2D eigenvalue weighted by molar-refractivity contribution is 5.99. The number of nitrogens with one attached hydrogen (secondary N) is 3. The minimum absolute atomic E-state index is 0.305. The van der Waals surface area contributed by atoms with Crippen molar-refractivity contribution in [1.29, 1.82) is 0 Å². The van der Waals surface area contributed by atoms with E-state index in [-0.39, 0.29) is 6.03 Å². The number of para-hydroxylation sites is 1. The summed E-state index contributed by atoms with van der Waals surface area (Å²) in [6, 6.07) is 42.0. The van der Waals surface area contributed by atoms with E-state index in [1.165, 1.54) is 5.56 Å². The smallest absolute Gasteiger partial charge is 0.323 e. The molecule has 0 radical (unpaired) electrons. The molecule has 0 aromatic heterocycles. The quantitative estimate of drug-likeness (QED) is 0.0340. The molecule has 0 spiro atoms. The molecule has 0 saturated carbocycles. The second-order valence-electron chi connectivity index (χ2n) is 13.1. The van der Waals surface area contributed by atoms with Crippen LogP contribution in [0.4, 0.5) is 21.9 Å². The number of aliphatic hydroxyl groups is 1. The van der Waals surface area contributed by atoms with Gasteiger partial charge in [-0.1, -0.05) is 116 Å². The van der Waals surface area contributed by atoms with E-state index < -0.39 is 6.10 Å². The summed E-state index contributed by atoms with van der Waals surface area (Å²) in [7, 11) is 0. The molecule has 0 heterocycles. The van der Waals surface area contributed by atoms with Crippen LogP contribution in [-0.4, -0.2) is 48.8 Å². The van der Waals surface area contributed by atoms with E-state index >= 15 is 0 Å². The Hall–Kier alpha value is -5.92. The predicted molar refractivity (Wildman–Crippen MR) is 220 cm³/mol. The number of hydrogen-bond acceptors (Lipinski definition) is 6. The second-order valence-corrected chi connectivity index (χ2v) is 13.1. The molecule has 5 aromatic carbocycles. The van der Waals surface area contributed by atoms with Crippen LogP contribution in [0.15, 0.2) is 133 Å². The summed E-state index contributed by atoms with van der Waals surface area (Å²) in [4.78, 5) is 26.0. The molecule has 0 aliphatic rings. The Morgan fingerprint density at radius 3 is 2.20 bits per heavy atom. The second kappa shape index (κ2) is 23.0. The molecule has 4 N–H and O–H groups in total. The molecule has 5 aromatic rings. The van der Waals surface area contributed by atoms with Crippen molar-refractivity contribution in [3.63, 3.8) is 0 Å². The van der Waals surface area contributed by atoms with Gasteiger partial charge >= 0.3 is 6.03 Å². The summed E-state index contributed by atoms with van der Waals surface area (Å²) in [5, 5.41) is 19.7. The van der Waals surface area contributed by atoms with E-state index in [0.717, 1.165) is 55.6 Å².